The van der Waals surface area contributed by atoms with Gasteiger partial charge in [-0.25, -0.2) is 0 Å². The lowest BCUT2D eigenvalue weighted by Crippen LogP contribution is -1.85. The van der Waals surface area contributed by atoms with Crippen molar-refractivity contribution >= 4 is 0 Å². The van der Waals surface area contributed by atoms with Gasteiger partial charge in [-0.05, 0) is 30.4 Å². The number of unbranched alkanes of at least 4 members (excludes halogenated alkanes) is 1. The van der Waals surface area contributed by atoms with E-state index >= 15 is 0 Å². The van der Waals surface area contributed by atoms with Crippen LogP contribution in [0.25, 0.3) is 0 Å². The van der Waals surface area contributed by atoms with E-state index in [9.17, 15) is 0 Å². The van der Waals surface area contributed by atoms with E-state index < -0.39 is 0 Å². The summed E-state index contributed by atoms with van der Waals surface area (Å²) < 4.78 is 0. The zero-order valence-electron chi connectivity index (χ0n) is 12.1. The lowest BCUT2D eigenvalue weighted by atomic mass is 10.1. The third kappa shape index (κ3) is 11.5. The van der Waals surface area contributed by atoms with Crippen LogP contribution in [-0.4, -0.2) is 0 Å². The van der Waals surface area contributed by atoms with Gasteiger partial charge >= 0.3 is 0 Å². The molecule has 1 aromatic rings. The van der Waals surface area contributed by atoms with Gasteiger partial charge in [-0.15, -0.1) is 0 Å². The molecule has 0 saturated carbocycles. The van der Waals surface area contributed by atoms with E-state index in [1.807, 2.05) is 27.7 Å². The molecule has 0 atom stereocenters. The summed E-state index contributed by atoms with van der Waals surface area (Å²) in [5.74, 6) is 0. The second kappa shape index (κ2) is 17.6. The minimum absolute atomic E-state index is 0. The smallest absolute Gasteiger partial charge is 0.0279 e. The standard InChI is InChI=1S/C12H18.2C2H6.CH4/c1-3-5-6-12-9-7-11(4-2)8-10-12;2*1-2;/h7-10H,3-6H2,1-2H3;2*1-2H3;1H4. The second-order valence-corrected chi connectivity index (χ2v) is 3.27. The Morgan fingerprint density at radius 1 is 0.765 bits per heavy atom. The summed E-state index contributed by atoms with van der Waals surface area (Å²) in [5, 5.41) is 0. The molecule has 0 saturated heterocycles. The molecule has 0 aliphatic carbocycles. The van der Waals surface area contributed by atoms with Crippen molar-refractivity contribution in [3.05, 3.63) is 35.4 Å². The minimum atomic E-state index is 0. The lowest BCUT2D eigenvalue weighted by molar-refractivity contribution is 0.794. The Bertz CT molecular complexity index is 208. The van der Waals surface area contributed by atoms with E-state index in [4.69, 9.17) is 0 Å². The van der Waals surface area contributed by atoms with Gasteiger partial charge in [0.1, 0.15) is 0 Å². The van der Waals surface area contributed by atoms with Crippen molar-refractivity contribution in [2.24, 2.45) is 0 Å². The van der Waals surface area contributed by atoms with Gasteiger partial charge in [-0.1, -0.05) is 79.7 Å². The third-order valence-electron chi connectivity index (χ3n) is 2.25. The molecule has 0 aliphatic rings. The van der Waals surface area contributed by atoms with Crippen molar-refractivity contribution in [2.75, 3.05) is 0 Å². The molecule has 0 aromatic heterocycles. The first-order chi connectivity index (χ1) is 7.86. The maximum Gasteiger partial charge on any atom is -0.0279 e. The Labute approximate surface area is 110 Å². The quantitative estimate of drug-likeness (QED) is 0.579. The molecular formula is C17H34. The van der Waals surface area contributed by atoms with Gasteiger partial charge in [0.2, 0.25) is 0 Å². The van der Waals surface area contributed by atoms with Gasteiger partial charge in [-0.2, -0.15) is 0 Å². The number of hydrogen-bond donors (Lipinski definition) is 0. The first-order valence-corrected chi connectivity index (χ1v) is 6.94. The van der Waals surface area contributed by atoms with Crippen LogP contribution in [0.15, 0.2) is 24.3 Å². The van der Waals surface area contributed by atoms with Crippen molar-refractivity contribution in [3.8, 4) is 0 Å². The monoisotopic (exact) mass is 238 g/mol. The molecule has 0 nitrogen and oxygen atoms in total. The maximum atomic E-state index is 2.26. The van der Waals surface area contributed by atoms with Crippen molar-refractivity contribution in [1.29, 1.82) is 0 Å². The fourth-order valence-corrected chi connectivity index (χ4v) is 1.32. The van der Waals surface area contributed by atoms with E-state index in [2.05, 4.69) is 38.1 Å². The van der Waals surface area contributed by atoms with E-state index in [1.54, 1.807) is 0 Å². The minimum Gasteiger partial charge on any atom is -0.0776 e. The molecule has 1 aromatic carbocycles. The van der Waals surface area contributed by atoms with Crippen molar-refractivity contribution < 1.29 is 0 Å². The predicted molar refractivity (Wildman–Crippen MR) is 83.9 cm³/mol. The average Bonchev–Trinajstić information content (AvgIpc) is 2.41. The van der Waals surface area contributed by atoms with Crippen molar-refractivity contribution in [2.45, 2.75) is 74.7 Å². The first-order valence-electron chi connectivity index (χ1n) is 6.94. The molecule has 0 bridgehead atoms. The van der Waals surface area contributed by atoms with E-state index in [0.717, 1.165) is 6.42 Å². The summed E-state index contributed by atoms with van der Waals surface area (Å²) in [7, 11) is 0. The predicted octanol–water partition coefficient (Wildman–Crippen LogP) is 6.28. The van der Waals surface area contributed by atoms with E-state index in [1.165, 1.54) is 30.4 Å². The number of aryl methyl sites for hydroxylation is 2. The fraction of sp³-hybridized carbons (Fsp3) is 0.647. The van der Waals surface area contributed by atoms with Crippen LogP contribution in [-0.2, 0) is 12.8 Å². The van der Waals surface area contributed by atoms with Gasteiger partial charge in [-0.3, -0.25) is 0 Å². The molecule has 17 heavy (non-hydrogen) atoms. The Balaban J connectivity index is -0.000000355. The summed E-state index contributed by atoms with van der Waals surface area (Å²) >= 11 is 0. The molecular weight excluding hydrogens is 204 g/mol. The molecule has 1 rings (SSSR count). The summed E-state index contributed by atoms with van der Waals surface area (Å²) in [6, 6.07) is 9.00. The van der Waals surface area contributed by atoms with Gasteiger partial charge in [0.05, 0.1) is 0 Å². The van der Waals surface area contributed by atoms with Crippen LogP contribution < -0.4 is 0 Å². The number of benzene rings is 1. The molecule has 102 valence electrons. The zero-order valence-corrected chi connectivity index (χ0v) is 12.1. The van der Waals surface area contributed by atoms with Crippen LogP contribution in [0.2, 0.25) is 0 Å². The maximum absolute atomic E-state index is 2.26. The van der Waals surface area contributed by atoms with Crippen LogP contribution in [0.1, 0.15) is 72.9 Å². The summed E-state index contributed by atoms with van der Waals surface area (Å²) in [6.45, 7) is 12.4. The molecule has 0 radical (unpaired) electrons. The molecule has 0 spiro atoms. The Kier molecular flexibility index (Phi) is 22.3. The highest BCUT2D eigenvalue weighted by molar-refractivity contribution is 5.22. The lowest BCUT2D eigenvalue weighted by Gasteiger charge is -2.00. The first kappa shape index (κ1) is 21.5. The third-order valence-corrected chi connectivity index (χ3v) is 2.25. The van der Waals surface area contributed by atoms with Gasteiger partial charge in [0.15, 0.2) is 0 Å². The molecule has 0 fully saturated rings. The highest BCUT2D eigenvalue weighted by atomic mass is 14.0. The number of hydrogen-bond acceptors (Lipinski definition) is 0. The van der Waals surface area contributed by atoms with Gasteiger partial charge in [0, 0.05) is 0 Å². The molecule has 0 aliphatic heterocycles. The summed E-state index contributed by atoms with van der Waals surface area (Å²) in [5.41, 5.74) is 2.92. The Morgan fingerprint density at radius 2 is 1.18 bits per heavy atom. The van der Waals surface area contributed by atoms with Crippen molar-refractivity contribution in [1.82, 2.24) is 0 Å². The zero-order chi connectivity index (χ0) is 12.8. The average molecular weight is 238 g/mol. The van der Waals surface area contributed by atoms with Crippen molar-refractivity contribution in [3.63, 3.8) is 0 Å². The highest BCUT2D eigenvalue weighted by Crippen LogP contribution is 2.07. The molecule has 0 heterocycles. The highest BCUT2D eigenvalue weighted by Gasteiger charge is 1.92. The van der Waals surface area contributed by atoms with Crippen LogP contribution in [0.3, 0.4) is 0 Å². The Morgan fingerprint density at radius 3 is 1.53 bits per heavy atom. The molecule has 0 amide bonds. The SMILES string of the molecule is C.CC.CC.CCCCc1ccc(CC)cc1. The topological polar surface area (TPSA) is 0 Å². The molecule has 0 N–H and O–H groups in total. The Hall–Kier alpha value is -0.780. The molecule has 0 heteroatoms. The van der Waals surface area contributed by atoms with Crippen LogP contribution in [0.5, 0.6) is 0 Å². The van der Waals surface area contributed by atoms with Gasteiger partial charge < -0.3 is 0 Å². The van der Waals surface area contributed by atoms with Crippen LogP contribution in [0, 0.1) is 0 Å². The summed E-state index contributed by atoms with van der Waals surface area (Å²) in [4.78, 5) is 0. The number of rotatable bonds is 4. The normalized spacial score (nSPS) is 7.88. The van der Waals surface area contributed by atoms with E-state index in [0.29, 0.717) is 0 Å². The second-order valence-electron chi connectivity index (χ2n) is 3.27. The largest absolute Gasteiger partial charge is 0.0776 e. The summed E-state index contributed by atoms with van der Waals surface area (Å²) in [6.07, 6.45) is 4.98. The van der Waals surface area contributed by atoms with E-state index in [-0.39, 0.29) is 7.43 Å². The molecule has 0 unspecified atom stereocenters. The van der Waals surface area contributed by atoms with Crippen LogP contribution in [0.4, 0.5) is 0 Å². The fourth-order valence-electron chi connectivity index (χ4n) is 1.32. The van der Waals surface area contributed by atoms with Gasteiger partial charge in [0.25, 0.3) is 0 Å². The van der Waals surface area contributed by atoms with Crippen LogP contribution >= 0.6 is 0 Å².